The number of pyridine rings is 1. The maximum absolute atomic E-state index is 4.43. The fraction of sp³-hybridized carbons (Fsp3) is 0.250. The topological polar surface area (TPSA) is 12.9 Å². The maximum Gasteiger partial charge on any atom is 0.0267 e. The van der Waals surface area contributed by atoms with E-state index in [1.165, 1.54) is 0 Å². The lowest BCUT2D eigenvalue weighted by Gasteiger charge is -1.70. The van der Waals surface area contributed by atoms with E-state index in [2.05, 4.69) is 17.2 Å². The van der Waals surface area contributed by atoms with Crippen LogP contribution in [0, 0.1) is 0 Å². The molecular formula is C8H11NS. The van der Waals surface area contributed by atoms with Crippen molar-refractivity contribution in [2.24, 2.45) is 0 Å². The van der Waals surface area contributed by atoms with Crippen molar-refractivity contribution in [2.75, 3.05) is 0 Å². The lowest BCUT2D eigenvalue weighted by molar-refractivity contribution is 1.33. The highest BCUT2D eigenvalue weighted by molar-refractivity contribution is 7.78. The minimum atomic E-state index is 1.01. The zero-order valence-corrected chi connectivity index (χ0v) is 6.84. The summed E-state index contributed by atoms with van der Waals surface area (Å²) in [6, 6.07) is 5.72. The number of rotatable bonds is 1. The smallest absolute Gasteiger partial charge is 0.0267 e. The Kier molecular flexibility index (Phi) is 7.61. The van der Waals surface area contributed by atoms with Gasteiger partial charge in [0, 0.05) is 12.4 Å². The monoisotopic (exact) mass is 153 g/mol. The predicted octanol–water partition coefficient (Wildman–Crippen LogP) is 2.48. The largest absolute Gasteiger partial charge is 0.265 e. The van der Waals surface area contributed by atoms with E-state index in [0.717, 1.165) is 6.42 Å². The molecule has 0 spiro atoms. The van der Waals surface area contributed by atoms with Crippen LogP contribution in [-0.2, 0) is 0 Å². The Hall–Kier alpha value is -0.760. The Morgan fingerprint density at radius 1 is 1.30 bits per heavy atom. The van der Waals surface area contributed by atoms with Gasteiger partial charge in [-0.3, -0.25) is 4.98 Å². The lowest BCUT2D eigenvalue weighted by Crippen LogP contribution is -1.58. The molecule has 1 heterocycles. The van der Waals surface area contributed by atoms with Gasteiger partial charge in [-0.05, 0) is 23.9 Å². The van der Waals surface area contributed by atoms with E-state index in [1.807, 2.05) is 25.1 Å². The van der Waals surface area contributed by atoms with Crippen molar-refractivity contribution in [2.45, 2.75) is 13.3 Å². The van der Waals surface area contributed by atoms with E-state index < -0.39 is 0 Å². The van der Waals surface area contributed by atoms with Gasteiger partial charge in [0.1, 0.15) is 0 Å². The van der Waals surface area contributed by atoms with E-state index in [1.54, 1.807) is 17.8 Å². The zero-order chi connectivity index (χ0) is 7.66. The Morgan fingerprint density at radius 3 is 1.90 bits per heavy atom. The molecule has 1 nitrogen and oxygen atoms in total. The first-order chi connectivity index (χ1) is 4.91. The van der Waals surface area contributed by atoms with Gasteiger partial charge in [-0.1, -0.05) is 25.2 Å². The number of nitrogens with zero attached hydrogens (tertiary/aromatic N) is 1. The molecule has 0 aliphatic carbocycles. The van der Waals surface area contributed by atoms with Gasteiger partial charge >= 0.3 is 0 Å². The molecule has 0 saturated carbocycles. The fourth-order valence-electron chi connectivity index (χ4n) is 0.313. The summed E-state index contributed by atoms with van der Waals surface area (Å²) < 4.78 is 0. The van der Waals surface area contributed by atoms with Crippen LogP contribution in [0.3, 0.4) is 0 Å². The molecule has 0 radical (unpaired) electrons. The van der Waals surface area contributed by atoms with Crippen molar-refractivity contribution in [3.8, 4) is 0 Å². The maximum atomic E-state index is 4.43. The fourth-order valence-corrected chi connectivity index (χ4v) is 0.313. The summed E-state index contributed by atoms with van der Waals surface area (Å²) in [4.78, 5) is 3.78. The van der Waals surface area contributed by atoms with Gasteiger partial charge in [-0.2, -0.15) is 0 Å². The van der Waals surface area contributed by atoms with Crippen molar-refractivity contribution in [3.63, 3.8) is 0 Å². The van der Waals surface area contributed by atoms with Gasteiger partial charge in [0.05, 0.1) is 0 Å². The Balaban J connectivity index is 0.000000180. The predicted molar refractivity (Wildman–Crippen MR) is 48.2 cm³/mol. The molecule has 1 rings (SSSR count). The Labute approximate surface area is 67.1 Å². The number of thiocarbonyl (C=S) groups is 1. The van der Waals surface area contributed by atoms with Crippen molar-refractivity contribution < 1.29 is 0 Å². The van der Waals surface area contributed by atoms with E-state index >= 15 is 0 Å². The second kappa shape index (κ2) is 8.24. The molecule has 0 aromatic carbocycles. The van der Waals surface area contributed by atoms with Gasteiger partial charge in [-0.25, -0.2) is 0 Å². The van der Waals surface area contributed by atoms with E-state index in [-0.39, 0.29) is 0 Å². The van der Waals surface area contributed by atoms with Crippen molar-refractivity contribution in [3.05, 3.63) is 30.6 Å². The normalized spacial score (nSPS) is 7.30. The van der Waals surface area contributed by atoms with Crippen LogP contribution in [0.2, 0.25) is 0 Å². The van der Waals surface area contributed by atoms with Gasteiger partial charge in [0.25, 0.3) is 0 Å². The molecule has 0 aliphatic rings. The van der Waals surface area contributed by atoms with Crippen LogP contribution in [0.4, 0.5) is 0 Å². The summed E-state index contributed by atoms with van der Waals surface area (Å²) in [5.74, 6) is 0. The molecule has 10 heavy (non-hydrogen) atoms. The molecule has 0 saturated heterocycles. The molecule has 0 aliphatic heterocycles. The SMILES string of the molecule is CCC=S.c1ccncc1. The van der Waals surface area contributed by atoms with Crippen LogP contribution < -0.4 is 0 Å². The van der Waals surface area contributed by atoms with Crippen LogP contribution >= 0.6 is 12.2 Å². The average molecular weight is 153 g/mol. The van der Waals surface area contributed by atoms with E-state index in [9.17, 15) is 0 Å². The number of aromatic nitrogens is 1. The number of hydrogen-bond acceptors (Lipinski definition) is 2. The quantitative estimate of drug-likeness (QED) is 0.575. The van der Waals surface area contributed by atoms with Gasteiger partial charge in [0.2, 0.25) is 0 Å². The third-order valence-corrected chi connectivity index (χ3v) is 1.07. The number of hydrogen-bond donors (Lipinski definition) is 0. The summed E-state index contributed by atoms with van der Waals surface area (Å²) >= 11 is 4.43. The first-order valence-corrected chi connectivity index (χ1v) is 3.67. The summed E-state index contributed by atoms with van der Waals surface area (Å²) in [7, 11) is 0. The Morgan fingerprint density at radius 2 is 1.80 bits per heavy atom. The summed E-state index contributed by atoms with van der Waals surface area (Å²) in [6.45, 7) is 2.02. The third-order valence-electron chi connectivity index (χ3n) is 0.733. The average Bonchev–Trinajstić information content (AvgIpc) is 2.08. The second-order valence-electron chi connectivity index (χ2n) is 1.60. The minimum Gasteiger partial charge on any atom is -0.265 e. The van der Waals surface area contributed by atoms with Crippen LogP contribution in [-0.4, -0.2) is 10.4 Å². The highest BCUT2D eigenvalue weighted by Gasteiger charge is 1.58. The van der Waals surface area contributed by atoms with Gasteiger partial charge < -0.3 is 0 Å². The molecule has 54 valence electrons. The Bertz CT molecular complexity index is 124. The van der Waals surface area contributed by atoms with Crippen molar-refractivity contribution in [1.29, 1.82) is 0 Å². The summed E-state index contributed by atoms with van der Waals surface area (Å²) in [6.07, 6.45) is 4.51. The van der Waals surface area contributed by atoms with Crippen LogP contribution in [0.1, 0.15) is 13.3 Å². The minimum absolute atomic E-state index is 1.01. The van der Waals surface area contributed by atoms with E-state index in [0.29, 0.717) is 0 Å². The van der Waals surface area contributed by atoms with Gasteiger partial charge in [-0.15, -0.1) is 0 Å². The molecule has 0 atom stereocenters. The highest BCUT2D eigenvalue weighted by atomic mass is 32.1. The molecule has 0 unspecified atom stereocenters. The molecule has 0 fully saturated rings. The first kappa shape index (κ1) is 9.24. The standard InChI is InChI=1S/C5H5N.C3H6S/c1-2-4-6-5-3-1;1-2-3-4/h1-5H;3H,2H2,1H3. The molecule has 2 heteroatoms. The second-order valence-corrected chi connectivity index (χ2v) is 1.93. The molecule has 0 amide bonds. The van der Waals surface area contributed by atoms with Crippen LogP contribution in [0.25, 0.3) is 0 Å². The highest BCUT2D eigenvalue weighted by Crippen LogP contribution is 1.73. The van der Waals surface area contributed by atoms with E-state index in [4.69, 9.17) is 0 Å². The summed E-state index contributed by atoms with van der Waals surface area (Å²) in [5.41, 5.74) is 0. The summed E-state index contributed by atoms with van der Waals surface area (Å²) in [5, 5.41) is 1.71. The van der Waals surface area contributed by atoms with Crippen molar-refractivity contribution >= 4 is 17.6 Å². The molecular weight excluding hydrogens is 142 g/mol. The van der Waals surface area contributed by atoms with Gasteiger partial charge in [0.15, 0.2) is 0 Å². The molecule has 0 bridgehead atoms. The lowest BCUT2D eigenvalue weighted by atomic mass is 10.5. The van der Waals surface area contributed by atoms with Crippen LogP contribution in [0.15, 0.2) is 30.6 Å². The first-order valence-electron chi connectivity index (χ1n) is 3.20. The van der Waals surface area contributed by atoms with Crippen molar-refractivity contribution in [1.82, 2.24) is 4.98 Å². The molecule has 1 aromatic rings. The third kappa shape index (κ3) is 7.24. The van der Waals surface area contributed by atoms with Crippen LogP contribution in [0.5, 0.6) is 0 Å². The molecule has 1 aromatic heterocycles. The molecule has 0 N–H and O–H groups in total. The zero-order valence-electron chi connectivity index (χ0n) is 6.03.